The smallest absolute Gasteiger partial charge is 0.405 e. The Balaban J connectivity index is 2.29. The summed E-state index contributed by atoms with van der Waals surface area (Å²) in [7, 11) is 0. The number of hydrogen-bond donors (Lipinski definition) is 0. The number of benzene rings is 1. The van der Waals surface area contributed by atoms with Crippen LogP contribution in [0.2, 0.25) is 0 Å². The highest BCUT2D eigenvalue weighted by molar-refractivity contribution is 6.16. The Morgan fingerprint density at radius 2 is 1.84 bits per heavy atom. The van der Waals surface area contributed by atoms with E-state index in [2.05, 4.69) is 9.73 Å². The van der Waals surface area contributed by atoms with Crippen LogP contribution in [0.25, 0.3) is 0 Å². The number of aryl methyl sites for hydroxylation is 1. The first-order chi connectivity index (χ1) is 8.79. The van der Waals surface area contributed by atoms with Gasteiger partial charge in [0.05, 0.1) is 0 Å². The molecule has 0 amide bonds. The van der Waals surface area contributed by atoms with Crippen molar-refractivity contribution >= 4 is 17.7 Å². The van der Waals surface area contributed by atoms with Gasteiger partial charge in [0.2, 0.25) is 11.9 Å². The van der Waals surface area contributed by atoms with Gasteiger partial charge in [0.1, 0.15) is 0 Å². The van der Waals surface area contributed by atoms with Gasteiger partial charge in [0.25, 0.3) is 5.78 Å². The van der Waals surface area contributed by atoms with E-state index in [1.165, 1.54) is 0 Å². The van der Waals surface area contributed by atoms with Crippen LogP contribution in [-0.2, 0) is 14.3 Å². The van der Waals surface area contributed by atoms with Crippen LogP contribution in [0.15, 0.2) is 29.3 Å². The summed E-state index contributed by atoms with van der Waals surface area (Å²) in [5.74, 6) is -3.80. The van der Waals surface area contributed by atoms with Crippen LogP contribution in [0, 0.1) is 6.92 Å². The maximum Gasteiger partial charge on any atom is 0.452 e. The maximum atomic E-state index is 12.2. The van der Waals surface area contributed by atoms with Crippen molar-refractivity contribution in [3.63, 3.8) is 0 Å². The minimum absolute atomic E-state index is 0.271. The van der Waals surface area contributed by atoms with Crippen molar-refractivity contribution in [1.82, 2.24) is 0 Å². The van der Waals surface area contributed by atoms with Crippen molar-refractivity contribution in [2.24, 2.45) is 4.99 Å². The number of carbonyl (C=O) groups excluding carboxylic acids is 2. The SMILES string of the molecule is Cc1ccc(C2=NC(C(=O)C(F)(F)F)C(=O)O2)cc1. The zero-order valence-corrected chi connectivity index (χ0v) is 9.69. The van der Waals surface area contributed by atoms with Crippen LogP contribution in [0.4, 0.5) is 13.2 Å². The quantitative estimate of drug-likeness (QED) is 0.608. The molecule has 1 aromatic rings. The Labute approximate surface area is 105 Å². The first kappa shape index (κ1) is 13.3. The Bertz CT molecular complexity index is 561. The summed E-state index contributed by atoms with van der Waals surface area (Å²) in [5, 5.41) is 0. The molecule has 100 valence electrons. The minimum Gasteiger partial charge on any atom is -0.405 e. The minimum atomic E-state index is -5.12. The fourth-order valence-electron chi connectivity index (χ4n) is 1.50. The lowest BCUT2D eigenvalue weighted by Gasteiger charge is -2.05. The molecule has 0 aromatic heterocycles. The van der Waals surface area contributed by atoms with E-state index in [1.807, 2.05) is 6.92 Å². The van der Waals surface area contributed by atoms with Crippen molar-refractivity contribution in [3.8, 4) is 0 Å². The number of aliphatic imine (C=N–C) groups is 1. The molecule has 0 N–H and O–H groups in total. The molecule has 1 atom stereocenters. The van der Waals surface area contributed by atoms with E-state index < -0.39 is 24.0 Å². The van der Waals surface area contributed by atoms with Crippen LogP contribution >= 0.6 is 0 Å². The molecule has 0 saturated carbocycles. The molecule has 0 radical (unpaired) electrons. The third-order valence-electron chi connectivity index (χ3n) is 2.49. The Morgan fingerprint density at radius 1 is 1.26 bits per heavy atom. The van der Waals surface area contributed by atoms with Gasteiger partial charge < -0.3 is 4.74 Å². The maximum absolute atomic E-state index is 12.2. The molecule has 0 spiro atoms. The van der Waals surface area contributed by atoms with Crippen molar-refractivity contribution in [2.45, 2.75) is 19.1 Å². The summed E-state index contributed by atoms with van der Waals surface area (Å²) in [4.78, 5) is 25.6. The third kappa shape index (κ3) is 2.64. The first-order valence-corrected chi connectivity index (χ1v) is 5.26. The number of halogens is 3. The molecule has 0 bridgehead atoms. The lowest BCUT2D eigenvalue weighted by Crippen LogP contribution is -2.36. The Hall–Kier alpha value is -2.18. The monoisotopic (exact) mass is 271 g/mol. The molecule has 1 heterocycles. The largest absolute Gasteiger partial charge is 0.452 e. The summed E-state index contributed by atoms with van der Waals surface area (Å²) >= 11 is 0. The van der Waals surface area contributed by atoms with Crippen LogP contribution in [-0.4, -0.2) is 29.9 Å². The van der Waals surface area contributed by atoms with Crippen molar-refractivity contribution in [1.29, 1.82) is 0 Å². The van der Waals surface area contributed by atoms with Gasteiger partial charge in [0.15, 0.2) is 0 Å². The summed E-state index contributed by atoms with van der Waals surface area (Å²) in [6, 6.07) is 4.30. The molecule has 4 nitrogen and oxygen atoms in total. The predicted octanol–water partition coefficient (Wildman–Crippen LogP) is 1.80. The average molecular weight is 271 g/mol. The summed E-state index contributed by atoms with van der Waals surface area (Å²) in [5.41, 5.74) is 1.27. The zero-order chi connectivity index (χ0) is 14.2. The third-order valence-corrected chi connectivity index (χ3v) is 2.49. The standard InChI is InChI=1S/C12H8F3NO3/c1-6-2-4-7(5-3-6)10-16-8(11(18)19-10)9(17)12(13,14)15/h2-5,8H,1H3. The van der Waals surface area contributed by atoms with Gasteiger partial charge in [-0.05, 0) is 19.1 Å². The number of Topliss-reactive ketones (excluding diaryl/α,β-unsaturated/α-hetero) is 1. The van der Waals surface area contributed by atoms with Gasteiger partial charge in [-0.15, -0.1) is 0 Å². The van der Waals surface area contributed by atoms with Gasteiger partial charge in [-0.2, -0.15) is 13.2 Å². The zero-order valence-electron chi connectivity index (χ0n) is 9.69. The lowest BCUT2D eigenvalue weighted by molar-refractivity contribution is -0.174. The van der Waals surface area contributed by atoms with Crippen LogP contribution in [0.3, 0.4) is 0 Å². The number of ketones is 1. The summed E-state index contributed by atoms with van der Waals surface area (Å²) in [6.07, 6.45) is -5.12. The molecule has 1 aliphatic heterocycles. The highest BCUT2D eigenvalue weighted by Gasteiger charge is 2.49. The number of cyclic esters (lactones) is 1. The van der Waals surface area contributed by atoms with Gasteiger partial charge in [-0.3, -0.25) is 4.79 Å². The number of nitrogens with zero attached hydrogens (tertiary/aromatic N) is 1. The normalized spacial score (nSPS) is 19.1. The number of ether oxygens (including phenoxy) is 1. The molecule has 19 heavy (non-hydrogen) atoms. The first-order valence-electron chi connectivity index (χ1n) is 5.26. The topological polar surface area (TPSA) is 55.7 Å². The summed E-state index contributed by atoms with van der Waals surface area (Å²) < 4.78 is 41.3. The van der Waals surface area contributed by atoms with E-state index >= 15 is 0 Å². The van der Waals surface area contributed by atoms with E-state index in [-0.39, 0.29) is 5.90 Å². The lowest BCUT2D eigenvalue weighted by atomic mass is 10.1. The van der Waals surface area contributed by atoms with Crippen molar-refractivity contribution in [2.75, 3.05) is 0 Å². The second kappa shape index (κ2) is 4.49. The highest BCUT2D eigenvalue weighted by Crippen LogP contribution is 2.23. The van der Waals surface area contributed by atoms with E-state index in [0.29, 0.717) is 5.56 Å². The van der Waals surface area contributed by atoms with E-state index in [0.717, 1.165) is 5.56 Å². The molecule has 1 aliphatic rings. The van der Waals surface area contributed by atoms with Crippen LogP contribution in [0.1, 0.15) is 11.1 Å². The molecule has 1 aromatic carbocycles. The van der Waals surface area contributed by atoms with Gasteiger partial charge in [-0.1, -0.05) is 17.7 Å². The summed E-state index contributed by atoms with van der Waals surface area (Å²) in [6.45, 7) is 1.82. The van der Waals surface area contributed by atoms with Gasteiger partial charge in [-0.25, -0.2) is 9.79 Å². The number of esters is 1. The number of carbonyl (C=O) groups is 2. The van der Waals surface area contributed by atoms with E-state index in [9.17, 15) is 22.8 Å². The molecule has 0 fully saturated rings. The fourth-order valence-corrected chi connectivity index (χ4v) is 1.50. The van der Waals surface area contributed by atoms with Gasteiger partial charge >= 0.3 is 12.1 Å². The molecule has 0 aliphatic carbocycles. The second-order valence-corrected chi connectivity index (χ2v) is 3.99. The Morgan fingerprint density at radius 3 is 2.37 bits per heavy atom. The van der Waals surface area contributed by atoms with E-state index in [4.69, 9.17) is 0 Å². The second-order valence-electron chi connectivity index (χ2n) is 3.99. The average Bonchev–Trinajstić information content (AvgIpc) is 2.70. The molecule has 0 saturated heterocycles. The predicted molar refractivity (Wildman–Crippen MR) is 58.7 cm³/mol. The van der Waals surface area contributed by atoms with Gasteiger partial charge in [0, 0.05) is 5.56 Å². The Kier molecular flexibility index (Phi) is 3.13. The number of alkyl halides is 3. The molecule has 1 unspecified atom stereocenters. The van der Waals surface area contributed by atoms with Crippen molar-refractivity contribution in [3.05, 3.63) is 35.4 Å². The molecule has 7 heteroatoms. The number of hydrogen-bond acceptors (Lipinski definition) is 4. The highest BCUT2D eigenvalue weighted by atomic mass is 19.4. The van der Waals surface area contributed by atoms with Crippen molar-refractivity contribution < 1.29 is 27.5 Å². The fraction of sp³-hybridized carbons (Fsp3) is 0.250. The number of rotatable bonds is 2. The van der Waals surface area contributed by atoms with Crippen LogP contribution < -0.4 is 0 Å². The molecule has 2 rings (SSSR count). The van der Waals surface area contributed by atoms with E-state index in [1.54, 1.807) is 24.3 Å². The van der Waals surface area contributed by atoms with Crippen LogP contribution in [0.5, 0.6) is 0 Å². The molecular weight excluding hydrogens is 263 g/mol. The molecular formula is C12H8F3NO3.